The van der Waals surface area contributed by atoms with E-state index in [0.29, 0.717) is 11.3 Å². The fourth-order valence-electron chi connectivity index (χ4n) is 3.44. The lowest BCUT2D eigenvalue weighted by atomic mass is 9.82. The molecule has 0 aromatic rings. The summed E-state index contributed by atoms with van der Waals surface area (Å²) in [4.78, 5) is 11.9. The number of amides is 2. The third-order valence-electron chi connectivity index (χ3n) is 5.00. The first-order valence-electron chi connectivity index (χ1n) is 8.40. The van der Waals surface area contributed by atoms with Gasteiger partial charge in [0.25, 0.3) is 0 Å². The van der Waals surface area contributed by atoms with Crippen molar-refractivity contribution in [2.24, 2.45) is 11.3 Å². The molecule has 2 aliphatic rings. The van der Waals surface area contributed by atoms with Crippen LogP contribution in [0.4, 0.5) is 4.79 Å². The lowest BCUT2D eigenvalue weighted by molar-refractivity contribution is 0.220. The molecular weight excluding hydrogens is 250 g/mol. The first-order chi connectivity index (χ1) is 9.68. The Kier molecular flexibility index (Phi) is 6.14. The van der Waals surface area contributed by atoms with Crippen LogP contribution in [0.2, 0.25) is 0 Å². The molecule has 0 radical (unpaired) electrons. The fourth-order valence-corrected chi connectivity index (χ4v) is 3.44. The van der Waals surface area contributed by atoms with Crippen LogP contribution in [0.5, 0.6) is 0 Å². The van der Waals surface area contributed by atoms with Gasteiger partial charge in [-0.1, -0.05) is 32.6 Å². The summed E-state index contributed by atoms with van der Waals surface area (Å²) >= 11 is 0. The number of carbonyl (C=O) groups is 1. The fraction of sp³-hybridized carbons (Fsp3) is 0.938. The van der Waals surface area contributed by atoms with Gasteiger partial charge in [-0.05, 0) is 50.1 Å². The molecule has 0 bridgehead atoms. The first-order valence-corrected chi connectivity index (χ1v) is 8.40. The van der Waals surface area contributed by atoms with Crippen LogP contribution in [0.1, 0.15) is 58.3 Å². The minimum atomic E-state index is 0.0222. The van der Waals surface area contributed by atoms with Crippen LogP contribution in [0.3, 0.4) is 0 Å². The van der Waals surface area contributed by atoms with Crippen molar-refractivity contribution in [3.05, 3.63) is 0 Å². The standard InChI is InChI=1S/C16H31N3O/c1-16(8-4-2-3-5-9-16)13-19-15(20)18-12-14-6-10-17-11-7-14/h14,17H,2-13H2,1H3,(H2,18,19,20). The van der Waals surface area contributed by atoms with Gasteiger partial charge in [-0.15, -0.1) is 0 Å². The van der Waals surface area contributed by atoms with Gasteiger partial charge < -0.3 is 16.0 Å². The van der Waals surface area contributed by atoms with Gasteiger partial charge in [-0.25, -0.2) is 4.79 Å². The molecule has 0 spiro atoms. The largest absolute Gasteiger partial charge is 0.338 e. The van der Waals surface area contributed by atoms with Gasteiger partial charge in [0, 0.05) is 13.1 Å². The molecule has 2 amide bonds. The maximum absolute atomic E-state index is 11.9. The predicted octanol–water partition coefficient (Wildman–Crippen LogP) is 2.65. The molecule has 4 heteroatoms. The van der Waals surface area contributed by atoms with E-state index in [4.69, 9.17) is 0 Å². The smallest absolute Gasteiger partial charge is 0.314 e. The average molecular weight is 281 g/mol. The number of piperidine rings is 1. The zero-order valence-electron chi connectivity index (χ0n) is 13.0. The van der Waals surface area contributed by atoms with Gasteiger partial charge in [0.2, 0.25) is 0 Å². The van der Waals surface area contributed by atoms with Crippen LogP contribution < -0.4 is 16.0 Å². The Bertz CT molecular complexity index is 292. The topological polar surface area (TPSA) is 53.2 Å². The summed E-state index contributed by atoms with van der Waals surface area (Å²) in [5, 5.41) is 9.49. The number of rotatable bonds is 4. The molecule has 4 nitrogen and oxygen atoms in total. The second kappa shape index (κ2) is 7.87. The maximum atomic E-state index is 11.9. The van der Waals surface area contributed by atoms with E-state index in [0.717, 1.165) is 26.2 Å². The minimum Gasteiger partial charge on any atom is -0.338 e. The van der Waals surface area contributed by atoms with Gasteiger partial charge >= 0.3 is 6.03 Å². The molecule has 1 aliphatic heterocycles. The number of nitrogens with one attached hydrogen (secondary N) is 3. The summed E-state index contributed by atoms with van der Waals surface area (Å²) in [5.74, 6) is 0.649. The highest BCUT2D eigenvalue weighted by Crippen LogP contribution is 2.33. The molecule has 2 rings (SSSR count). The lowest BCUT2D eigenvalue weighted by Gasteiger charge is -2.28. The van der Waals surface area contributed by atoms with E-state index < -0.39 is 0 Å². The molecule has 3 N–H and O–H groups in total. The highest BCUT2D eigenvalue weighted by atomic mass is 16.2. The normalized spacial score (nSPS) is 23.9. The number of hydrogen-bond acceptors (Lipinski definition) is 2. The number of hydrogen-bond donors (Lipinski definition) is 3. The van der Waals surface area contributed by atoms with Crippen LogP contribution in [0, 0.1) is 11.3 Å². The van der Waals surface area contributed by atoms with E-state index in [2.05, 4.69) is 22.9 Å². The number of urea groups is 1. The van der Waals surface area contributed by atoms with Gasteiger partial charge in [-0.2, -0.15) is 0 Å². The molecule has 1 saturated heterocycles. The zero-order valence-corrected chi connectivity index (χ0v) is 13.0. The van der Waals surface area contributed by atoms with Crippen molar-refractivity contribution in [2.45, 2.75) is 58.3 Å². The monoisotopic (exact) mass is 281 g/mol. The summed E-state index contributed by atoms with van der Waals surface area (Å²) in [6, 6.07) is 0.0222. The third kappa shape index (κ3) is 5.31. The Morgan fingerprint density at radius 1 is 1.10 bits per heavy atom. The quantitative estimate of drug-likeness (QED) is 0.694. The van der Waals surface area contributed by atoms with Gasteiger partial charge in [0.05, 0.1) is 0 Å². The Labute approximate surface area is 123 Å². The van der Waals surface area contributed by atoms with E-state index >= 15 is 0 Å². The minimum absolute atomic E-state index is 0.0222. The molecule has 116 valence electrons. The molecule has 0 atom stereocenters. The van der Waals surface area contributed by atoms with Crippen molar-refractivity contribution in [2.75, 3.05) is 26.2 Å². The maximum Gasteiger partial charge on any atom is 0.314 e. The molecule has 1 aliphatic carbocycles. The van der Waals surface area contributed by atoms with Crippen LogP contribution in [-0.2, 0) is 0 Å². The van der Waals surface area contributed by atoms with Crippen molar-refractivity contribution in [1.82, 2.24) is 16.0 Å². The van der Waals surface area contributed by atoms with E-state index in [-0.39, 0.29) is 6.03 Å². The summed E-state index contributed by atoms with van der Waals surface area (Å²) in [5.41, 5.74) is 0.308. The third-order valence-corrected chi connectivity index (χ3v) is 5.00. The van der Waals surface area contributed by atoms with Crippen molar-refractivity contribution >= 4 is 6.03 Å². The molecule has 0 unspecified atom stereocenters. The second-order valence-electron chi connectivity index (χ2n) is 6.98. The van der Waals surface area contributed by atoms with Crippen molar-refractivity contribution in [1.29, 1.82) is 0 Å². The van der Waals surface area contributed by atoms with Crippen LogP contribution in [0.25, 0.3) is 0 Å². The molecule has 0 aromatic carbocycles. The number of carbonyl (C=O) groups excluding carboxylic acids is 1. The van der Waals surface area contributed by atoms with E-state index in [1.165, 1.54) is 51.4 Å². The summed E-state index contributed by atoms with van der Waals surface area (Å²) in [6.07, 6.45) is 10.2. The van der Waals surface area contributed by atoms with Crippen LogP contribution >= 0.6 is 0 Å². The molecular formula is C16H31N3O. The first kappa shape index (κ1) is 15.6. The Balaban J connectivity index is 1.63. The Hall–Kier alpha value is -0.770. The van der Waals surface area contributed by atoms with Crippen molar-refractivity contribution < 1.29 is 4.79 Å². The zero-order chi connectivity index (χ0) is 14.3. The SMILES string of the molecule is CC1(CNC(=O)NCC2CCNCC2)CCCCCC1. The van der Waals surface area contributed by atoms with Crippen LogP contribution in [0.15, 0.2) is 0 Å². The molecule has 2 fully saturated rings. The molecule has 20 heavy (non-hydrogen) atoms. The average Bonchev–Trinajstić information content (AvgIpc) is 2.69. The van der Waals surface area contributed by atoms with Gasteiger partial charge in [-0.3, -0.25) is 0 Å². The molecule has 1 heterocycles. The lowest BCUT2D eigenvalue weighted by Crippen LogP contribution is -2.44. The van der Waals surface area contributed by atoms with Gasteiger partial charge in [0.15, 0.2) is 0 Å². The summed E-state index contributed by atoms with van der Waals surface area (Å²) in [6.45, 7) is 6.15. The van der Waals surface area contributed by atoms with Crippen molar-refractivity contribution in [3.8, 4) is 0 Å². The van der Waals surface area contributed by atoms with Gasteiger partial charge in [0.1, 0.15) is 0 Å². The Morgan fingerprint density at radius 3 is 2.40 bits per heavy atom. The Morgan fingerprint density at radius 2 is 1.75 bits per heavy atom. The van der Waals surface area contributed by atoms with E-state index in [9.17, 15) is 4.79 Å². The summed E-state index contributed by atoms with van der Waals surface area (Å²) in [7, 11) is 0. The molecule has 1 saturated carbocycles. The van der Waals surface area contributed by atoms with Crippen LogP contribution in [-0.4, -0.2) is 32.2 Å². The molecule has 0 aromatic heterocycles. The second-order valence-corrected chi connectivity index (χ2v) is 6.98. The van der Waals surface area contributed by atoms with Crippen molar-refractivity contribution in [3.63, 3.8) is 0 Å². The highest BCUT2D eigenvalue weighted by molar-refractivity contribution is 5.73. The summed E-state index contributed by atoms with van der Waals surface area (Å²) < 4.78 is 0. The van der Waals surface area contributed by atoms with E-state index in [1.807, 2.05) is 0 Å². The predicted molar refractivity (Wildman–Crippen MR) is 82.8 cm³/mol. The van der Waals surface area contributed by atoms with E-state index in [1.54, 1.807) is 0 Å². The highest BCUT2D eigenvalue weighted by Gasteiger charge is 2.26.